The molecule has 29 heavy (non-hydrogen) atoms. The topological polar surface area (TPSA) is 67.8 Å². The van der Waals surface area contributed by atoms with Gasteiger partial charge in [-0.05, 0) is 37.3 Å². The van der Waals surface area contributed by atoms with E-state index in [9.17, 15) is 9.59 Å². The molecule has 152 valence electrons. The standard InChI is InChI=1S/C20H18Cl2N2O3S2/c1-2-27-19(26)10-17-20(24-15-5-3-4-6-16(15)29-17)28-11-18(25)23-14-8-7-12(21)9-13(14)22/h3-9,17H,2,10-11H2,1H3,(H,23,25). The summed E-state index contributed by atoms with van der Waals surface area (Å²) in [7, 11) is 0. The van der Waals surface area contributed by atoms with E-state index >= 15 is 0 Å². The fourth-order valence-electron chi connectivity index (χ4n) is 2.59. The van der Waals surface area contributed by atoms with E-state index in [0.717, 1.165) is 15.6 Å². The van der Waals surface area contributed by atoms with Gasteiger partial charge in [0, 0.05) is 9.92 Å². The van der Waals surface area contributed by atoms with Gasteiger partial charge in [0.1, 0.15) is 0 Å². The number of hydrogen-bond donors (Lipinski definition) is 1. The van der Waals surface area contributed by atoms with Crippen molar-refractivity contribution in [1.82, 2.24) is 0 Å². The van der Waals surface area contributed by atoms with E-state index in [-0.39, 0.29) is 29.3 Å². The average molecular weight is 469 g/mol. The van der Waals surface area contributed by atoms with E-state index in [2.05, 4.69) is 10.3 Å². The molecule has 2 aromatic rings. The largest absolute Gasteiger partial charge is 0.466 e. The quantitative estimate of drug-likeness (QED) is 0.540. The lowest BCUT2D eigenvalue weighted by Gasteiger charge is -2.23. The number of para-hydroxylation sites is 1. The number of benzene rings is 2. The molecular weight excluding hydrogens is 451 g/mol. The molecule has 9 heteroatoms. The van der Waals surface area contributed by atoms with Crippen LogP contribution in [0.25, 0.3) is 0 Å². The fraction of sp³-hybridized carbons (Fsp3) is 0.250. The van der Waals surface area contributed by atoms with E-state index in [1.165, 1.54) is 11.8 Å². The summed E-state index contributed by atoms with van der Waals surface area (Å²) in [4.78, 5) is 30.1. The molecule has 0 radical (unpaired) electrons. The molecule has 0 aliphatic carbocycles. The smallest absolute Gasteiger partial charge is 0.307 e. The first-order chi connectivity index (χ1) is 14.0. The SMILES string of the molecule is CCOC(=O)CC1Sc2ccccc2N=C1SCC(=O)Nc1ccc(Cl)cc1Cl. The molecule has 0 bridgehead atoms. The van der Waals surface area contributed by atoms with E-state index in [1.54, 1.807) is 36.9 Å². The van der Waals surface area contributed by atoms with Gasteiger partial charge in [-0.1, -0.05) is 47.1 Å². The van der Waals surface area contributed by atoms with Crippen LogP contribution < -0.4 is 5.32 Å². The number of fused-ring (bicyclic) bond motifs is 1. The number of anilines is 1. The number of carbonyl (C=O) groups is 2. The Morgan fingerprint density at radius 3 is 2.79 bits per heavy atom. The Labute approximate surface area is 187 Å². The molecule has 0 fully saturated rings. The van der Waals surface area contributed by atoms with Crippen LogP contribution in [0.1, 0.15) is 13.3 Å². The van der Waals surface area contributed by atoms with Crippen molar-refractivity contribution in [3.05, 3.63) is 52.5 Å². The van der Waals surface area contributed by atoms with Gasteiger partial charge in [-0.2, -0.15) is 0 Å². The third-order valence-corrected chi connectivity index (χ3v) is 6.90. The van der Waals surface area contributed by atoms with Gasteiger partial charge < -0.3 is 10.1 Å². The number of esters is 1. The van der Waals surface area contributed by atoms with Crippen LogP contribution in [-0.4, -0.2) is 34.5 Å². The summed E-state index contributed by atoms with van der Waals surface area (Å²) in [5.74, 6) is -0.365. The zero-order chi connectivity index (χ0) is 20.8. The van der Waals surface area contributed by atoms with Gasteiger partial charge in [0.05, 0.1) is 45.5 Å². The van der Waals surface area contributed by atoms with Gasteiger partial charge in [-0.3, -0.25) is 9.59 Å². The number of thioether (sulfide) groups is 2. The molecule has 2 aromatic carbocycles. The van der Waals surface area contributed by atoms with Gasteiger partial charge in [0.2, 0.25) is 5.91 Å². The number of ether oxygens (including phenoxy) is 1. The molecule has 1 heterocycles. The van der Waals surface area contributed by atoms with Gasteiger partial charge in [0.25, 0.3) is 0 Å². The maximum absolute atomic E-state index is 12.4. The van der Waals surface area contributed by atoms with Crippen LogP contribution in [0.15, 0.2) is 52.4 Å². The molecule has 1 aliphatic heterocycles. The van der Waals surface area contributed by atoms with Crippen molar-refractivity contribution in [2.24, 2.45) is 4.99 Å². The second-order valence-electron chi connectivity index (χ2n) is 5.99. The lowest BCUT2D eigenvalue weighted by Crippen LogP contribution is -2.24. The molecule has 1 aliphatic rings. The van der Waals surface area contributed by atoms with Gasteiger partial charge in [0.15, 0.2) is 0 Å². The van der Waals surface area contributed by atoms with Crippen molar-refractivity contribution in [2.75, 3.05) is 17.7 Å². The lowest BCUT2D eigenvalue weighted by atomic mass is 10.3. The highest BCUT2D eigenvalue weighted by atomic mass is 35.5. The summed E-state index contributed by atoms with van der Waals surface area (Å²) < 4.78 is 5.09. The van der Waals surface area contributed by atoms with Gasteiger partial charge in [-0.15, -0.1) is 11.8 Å². The Balaban J connectivity index is 1.69. The summed E-state index contributed by atoms with van der Waals surface area (Å²) in [6, 6.07) is 12.6. The fourth-order valence-corrected chi connectivity index (χ4v) is 5.24. The molecule has 3 rings (SSSR count). The predicted octanol–water partition coefficient (Wildman–Crippen LogP) is 5.82. The second-order valence-corrected chi connectivity index (χ2v) is 9.08. The minimum absolute atomic E-state index is 0.139. The summed E-state index contributed by atoms with van der Waals surface area (Å²) in [5.41, 5.74) is 1.33. The van der Waals surface area contributed by atoms with Gasteiger partial charge >= 0.3 is 5.97 Å². The number of halogens is 2. The number of hydrogen-bond acceptors (Lipinski definition) is 6. The highest BCUT2D eigenvalue weighted by Gasteiger charge is 2.27. The van der Waals surface area contributed by atoms with Crippen LogP contribution in [0.2, 0.25) is 10.0 Å². The summed E-state index contributed by atoms with van der Waals surface area (Å²) >= 11 is 14.8. The average Bonchev–Trinajstić information content (AvgIpc) is 2.68. The minimum Gasteiger partial charge on any atom is -0.466 e. The minimum atomic E-state index is -0.282. The molecule has 5 nitrogen and oxygen atoms in total. The first kappa shape index (κ1) is 22.0. The zero-order valence-corrected chi connectivity index (χ0v) is 18.6. The molecular formula is C20H18Cl2N2O3S2. The maximum atomic E-state index is 12.4. The van der Waals surface area contributed by atoms with Crippen molar-refractivity contribution < 1.29 is 14.3 Å². The van der Waals surface area contributed by atoms with Crippen LogP contribution in [0.4, 0.5) is 11.4 Å². The number of carbonyl (C=O) groups excluding carboxylic acids is 2. The first-order valence-corrected chi connectivity index (χ1v) is 11.5. The molecule has 0 saturated heterocycles. The normalized spacial score (nSPS) is 15.3. The predicted molar refractivity (Wildman–Crippen MR) is 122 cm³/mol. The Morgan fingerprint density at radius 1 is 1.24 bits per heavy atom. The number of nitrogens with one attached hydrogen (secondary N) is 1. The summed E-state index contributed by atoms with van der Waals surface area (Å²) in [6.45, 7) is 2.11. The Hall–Kier alpha value is -1.67. The third kappa shape index (κ3) is 6.15. The Kier molecular flexibility index (Phi) is 7.89. The first-order valence-electron chi connectivity index (χ1n) is 8.84. The summed E-state index contributed by atoms with van der Waals surface area (Å²) in [5, 5.41) is 4.16. The number of nitrogens with zero attached hydrogens (tertiary/aromatic N) is 1. The molecule has 1 atom stereocenters. The molecule has 1 unspecified atom stereocenters. The number of aliphatic imine (C=N–C) groups is 1. The van der Waals surface area contributed by atoms with Crippen LogP contribution in [-0.2, 0) is 14.3 Å². The molecule has 0 saturated carbocycles. The Morgan fingerprint density at radius 2 is 2.03 bits per heavy atom. The highest BCUT2D eigenvalue weighted by molar-refractivity contribution is 8.17. The zero-order valence-electron chi connectivity index (χ0n) is 15.5. The van der Waals surface area contributed by atoms with Crippen molar-refractivity contribution >= 4 is 75.0 Å². The van der Waals surface area contributed by atoms with Crippen molar-refractivity contribution in [3.63, 3.8) is 0 Å². The maximum Gasteiger partial charge on any atom is 0.307 e. The van der Waals surface area contributed by atoms with Crippen molar-refractivity contribution in [3.8, 4) is 0 Å². The second kappa shape index (κ2) is 10.4. The third-order valence-electron chi connectivity index (χ3n) is 3.85. The van der Waals surface area contributed by atoms with Crippen molar-refractivity contribution in [2.45, 2.75) is 23.5 Å². The van der Waals surface area contributed by atoms with Crippen LogP contribution in [0.5, 0.6) is 0 Å². The highest BCUT2D eigenvalue weighted by Crippen LogP contribution is 2.41. The Bertz CT molecular complexity index is 953. The lowest BCUT2D eigenvalue weighted by molar-refractivity contribution is -0.142. The monoisotopic (exact) mass is 468 g/mol. The molecule has 1 amide bonds. The molecule has 0 spiro atoms. The summed E-state index contributed by atoms with van der Waals surface area (Å²) in [6.07, 6.45) is 0.198. The number of rotatable bonds is 6. The van der Waals surface area contributed by atoms with Crippen LogP contribution >= 0.6 is 46.7 Å². The van der Waals surface area contributed by atoms with Crippen LogP contribution in [0.3, 0.4) is 0 Å². The van der Waals surface area contributed by atoms with E-state index in [0.29, 0.717) is 22.3 Å². The van der Waals surface area contributed by atoms with E-state index in [1.807, 2.05) is 24.3 Å². The van der Waals surface area contributed by atoms with E-state index < -0.39 is 0 Å². The van der Waals surface area contributed by atoms with E-state index in [4.69, 9.17) is 27.9 Å². The van der Waals surface area contributed by atoms with Gasteiger partial charge in [-0.25, -0.2) is 4.99 Å². The molecule has 0 aromatic heterocycles. The van der Waals surface area contributed by atoms with Crippen molar-refractivity contribution in [1.29, 1.82) is 0 Å². The number of amides is 1. The molecule has 1 N–H and O–H groups in total. The van der Waals surface area contributed by atoms with Crippen LogP contribution in [0, 0.1) is 0 Å².